The third-order valence-corrected chi connectivity index (χ3v) is 3.53. The fraction of sp³-hybridized carbons (Fsp3) is 0.500. The van der Waals surface area contributed by atoms with E-state index in [0.717, 1.165) is 6.54 Å². The van der Waals surface area contributed by atoms with Crippen LogP contribution in [0.2, 0.25) is 0 Å². The van der Waals surface area contributed by atoms with Gasteiger partial charge in [-0.3, -0.25) is 0 Å². The molecule has 0 aromatic rings. The minimum atomic E-state index is 0.529. The summed E-state index contributed by atoms with van der Waals surface area (Å²) in [6, 6.07) is 0. The van der Waals surface area contributed by atoms with Crippen molar-refractivity contribution in [3.05, 3.63) is 36.1 Å². The molecular formula is C12H17N. The Labute approximate surface area is 80.2 Å². The van der Waals surface area contributed by atoms with Crippen LogP contribution in [0.25, 0.3) is 0 Å². The minimum absolute atomic E-state index is 0.529. The molecule has 1 N–H and O–H groups in total. The van der Waals surface area contributed by atoms with Crippen LogP contribution in [-0.2, 0) is 0 Å². The van der Waals surface area contributed by atoms with E-state index in [4.69, 9.17) is 0 Å². The molecule has 1 aliphatic carbocycles. The lowest BCUT2D eigenvalue weighted by molar-refractivity contribution is 0.202. The van der Waals surface area contributed by atoms with Gasteiger partial charge in [-0.05, 0) is 31.4 Å². The first-order chi connectivity index (χ1) is 6.28. The van der Waals surface area contributed by atoms with E-state index < -0.39 is 0 Å². The lowest BCUT2D eigenvalue weighted by Gasteiger charge is -2.39. The van der Waals surface area contributed by atoms with Crippen molar-refractivity contribution in [2.75, 3.05) is 6.54 Å². The highest BCUT2D eigenvalue weighted by Gasteiger charge is 2.42. The minimum Gasteiger partial charge on any atom is -0.384 e. The predicted octanol–water partition coefficient (Wildman–Crippen LogP) is 2.78. The Bertz CT molecular complexity index is 279. The van der Waals surface area contributed by atoms with Gasteiger partial charge in [0.2, 0.25) is 0 Å². The Morgan fingerprint density at radius 1 is 1.46 bits per heavy atom. The highest BCUT2D eigenvalue weighted by atomic mass is 14.9. The van der Waals surface area contributed by atoms with Crippen LogP contribution in [0.1, 0.15) is 26.2 Å². The molecule has 2 aliphatic rings. The standard InChI is InChI=1S/C12H17N/c1-3-4-6-11-10(2)12(9-13-11)7-5-8-12/h3-4,6,13H,1,5,7-9H2,2H3/b6-4-. The van der Waals surface area contributed by atoms with Crippen molar-refractivity contribution >= 4 is 0 Å². The molecule has 1 saturated carbocycles. The van der Waals surface area contributed by atoms with Crippen molar-refractivity contribution in [2.45, 2.75) is 26.2 Å². The van der Waals surface area contributed by atoms with Crippen molar-refractivity contribution < 1.29 is 0 Å². The van der Waals surface area contributed by atoms with E-state index in [1.165, 1.54) is 25.0 Å². The van der Waals surface area contributed by atoms with Gasteiger partial charge >= 0.3 is 0 Å². The molecule has 0 aromatic heterocycles. The Balaban J connectivity index is 2.19. The SMILES string of the molecule is C=C/C=C\C1=C(C)C2(CCC2)CN1. The largest absolute Gasteiger partial charge is 0.384 e. The molecule has 0 bridgehead atoms. The van der Waals surface area contributed by atoms with E-state index in [9.17, 15) is 0 Å². The summed E-state index contributed by atoms with van der Waals surface area (Å²) >= 11 is 0. The molecule has 70 valence electrons. The van der Waals surface area contributed by atoms with Crippen molar-refractivity contribution in [1.29, 1.82) is 0 Å². The van der Waals surface area contributed by atoms with E-state index in [0.29, 0.717) is 5.41 Å². The van der Waals surface area contributed by atoms with Gasteiger partial charge in [-0.1, -0.05) is 25.2 Å². The Morgan fingerprint density at radius 3 is 2.69 bits per heavy atom. The van der Waals surface area contributed by atoms with E-state index in [1.54, 1.807) is 5.57 Å². The van der Waals surface area contributed by atoms with Gasteiger partial charge in [0.05, 0.1) is 0 Å². The number of hydrogen-bond acceptors (Lipinski definition) is 1. The van der Waals surface area contributed by atoms with Gasteiger partial charge in [0.25, 0.3) is 0 Å². The number of hydrogen-bond donors (Lipinski definition) is 1. The van der Waals surface area contributed by atoms with Gasteiger partial charge in [0.15, 0.2) is 0 Å². The molecule has 1 heteroatoms. The zero-order valence-corrected chi connectivity index (χ0v) is 8.27. The first-order valence-electron chi connectivity index (χ1n) is 5.03. The van der Waals surface area contributed by atoms with Crippen molar-refractivity contribution in [1.82, 2.24) is 5.32 Å². The molecule has 0 atom stereocenters. The predicted molar refractivity (Wildman–Crippen MR) is 56.3 cm³/mol. The summed E-state index contributed by atoms with van der Waals surface area (Å²) in [5.74, 6) is 0. The summed E-state index contributed by atoms with van der Waals surface area (Å²) < 4.78 is 0. The van der Waals surface area contributed by atoms with Crippen LogP contribution in [0.3, 0.4) is 0 Å². The smallest absolute Gasteiger partial charge is 0.0335 e. The zero-order valence-electron chi connectivity index (χ0n) is 8.27. The highest BCUT2D eigenvalue weighted by Crippen LogP contribution is 2.49. The summed E-state index contributed by atoms with van der Waals surface area (Å²) in [6.07, 6.45) is 10.1. The van der Waals surface area contributed by atoms with Crippen LogP contribution >= 0.6 is 0 Å². The molecule has 0 aromatic carbocycles. The zero-order chi connectivity index (χ0) is 9.31. The second-order valence-electron chi connectivity index (χ2n) is 4.12. The molecule has 1 aliphatic heterocycles. The molecule has 1 fully saturated rings. The lowest BCUT2D eigenvalue weighted by Crippen LogP contribution is -2.34. The van der Waals surface area contributed by atoms with Gasteiger partial charge in [-0.2, -0.15) is 0 Å². The van der Waals surface area contributed by atoms with Crippen molar-refractivity contribution in [3.63, 3.8) is 0 Å². The summed E-state index contributed by atoms with van der Waals surface area (Å²) in [5.41, 5.74) is 3.40. The molecule has 0 amide bonds. The molecule has 1 heterocycles. The summed E-state index contributed by atoms with van der Waals surface area (Å²) in [6.45, 7) is 7.09. The lowest BCUT2D eigenvalue weighted by atomic mass is 9.65. The van der Waals surface area contributed by atoms with Gasteiger partial charge in [0, 0.05) is 17.7 Å². The van der Waals surface area contributed by atoms with E-state index in [2.05, 4.69) is 24.9 Å². The molecule has 0 radical (unpaired) electrons. The van der Waals surface area contributed by atoms with E-state index in [-0.39, 0.29) is 0 Å². The summed E-state index contributed by atoms with van der Waals surface area (Å²) in [7, 11) is 0. The Morgan fingerprint density at radius 2 is 2.23 bits per heavy atom. The fourth-order valence-corrected chi connectivity index (χ4v) is 2.32. The average molecular weight is 175 g/mol. The molecular weight excluding hydrogens is 158 g/mol. The van der Waals surface area contributed by atoms with Crippen LogP contribution < -0.4 is 5.32 Å². The first kappa shape index (κ1) is 8.61. The van der Waals surface area contributed by atoms with Crippen molar-refractivity contribution in [3.8, 4) is 0 Å². The van der Waals surface area contributed by atoms with Crippen LogP contribution in [0.15, 0.2) is 36.1 Å². The van der Waals surface area contributed by atoms with Crippen LogP contribution in [0.4, 0.5) is 0 Å². The molecule has 1 nitrogen and oxygen atoms in total. The molecule has 0 saturated heterocycles. The third-order valence-electron chi connectivity index (χ3n) is 3.53. The fourth-order valence-electron chi connectivity index (χ4n) is 2.32. The van der Waals surface area contributed by atoms with Gasteiger partial charge < -0.3 is 5.32 Å². The monoisotopic (exact) mass is 175 g/mol. The summed E-state index contributed by atoms with van der Waals surface area (Å²) in [5, 5.41) is 3.48. The first-order valence-corrected chi connectivity index (χ1v) is 5.03. The topological polar surface area (TPSA) is 12.0 Å². The van der Waals surface area contributed by atoms with Gasteiger partial charge in [-0.15, -0.1) is 0 Å². The number of nitrogens with one attached hydrogen (secondary N) is 1. The van der Waals surface area contributed by atoms with E-state index in [1.807, 2.05) is 12.2 Å². The average Bonchev–Trinajstić information content (AvgIpc) is 2.39. The maximum absolute atomic E-state index is 3.68. The van der Waals surface area contributed by atoms with Crippen LogP contribution in [-0.4, -0.2) is 6.54 Å². The second-order valence-corrected chi connectivity index (χ2v) is 4.12. The quantitative estimate of drug-likeness (QED) is 0.636. The van der Waals surface area contributed by atoms with E-state index >= 15 is 0 Å². The Kier molecular flexibility index (Phi) is 2.03. The normalized spacial score (nSPS) is 25.0. The molecule has 13 heavy (non-hydrogen) atoms. The van der Waals surface area contributed by atoms with Gasteiger partial charge in [0.1, 0.15) is 0 Å². The summed E-state index contributed by atoms with van der Waals surface area (Å²) in [4.78, 5) is 0. The van der Waals surface area contributed by atoms with Crippen molar-refractivity contribution in [2.24, 2.45) is 5.41 Å². The maximum atomic E-state index is 3.68. The molecule has 1 spiro atoms. The Hall–Kier alpha value is -0.980. The molecule has 0 unspecified atom stereocenters. The molecule has 2 rings (SSSR count). The number of allylic oxidation sites excluding steroid dienone is 3. The third kappa shape index (κ3) is 1.23. The highest BCUT2D eigenvalue weighted by molar-refractivity contribution is 5.36. The van der Waals surface area contributed by atoms with Gasteiger partial charge in [-0.25, -0.2) is 0 Å². The maximum Gasteiger partial charge on any atom is 0.0335 e. The second kappa shape index (κ2) is 3.06. The van der Waals surface area contributed by atoms with Crippen LogP contribution in [0.5, 0.6) is 0 Å². The number of rotatable bonds is 2. The van der Waals surface area contributed by atoms with Crippen LogP contribution in [0, 0.1) is 5.41 Å².